The first-order valence-electron chi connectivity index (χ1n) is 9.37. The van der Waals surface area contributed by atoms with E-state index >= 15 is 0 Å². The molecule has 0 unspecified atom stereocenters. The van der Waals surface area contributed by atoms with Crippen LogP contribution < -0.4 is 24.4 Å². The van der Waals surface area contributed by atoms with E-state index in [-0.39, 0.29) is 5.43 Å². The molecule has 6 heteroatoms. The summed E-state index contributed by atoms with van der Waals surface area (Å²) in [5.74, 6) is 1.74. The highest BCUT2D eigenvalue weighted by atomic mass is 16.5. The maximum atomic E-state index is 13.5. The molecule has 0 amide bonds. The standard InChI is InChI=1S/C24H22O6/c1-13-7-6-8-14(11-13)19-17(27-3)12-18(28-4)20-21(25)15-9-10-16(26-2)23(29-5)22(15)30-24(19)20/h6-12H,1-5H3. The molecule has 0 N–H and O–H groups in total. The molecule has 1 heterocycles. The zero-order chi connectivity index (χ0) is 21.4. The van der Waals surface area contributed by atoms with Crippen molar-refractivity contribution in [2.24, 2.45) is 0 Å². The van der Waals surface area contributed by atoms with Crippen molar-refractivity contribution in [1.29, 1.82) is 0 Å². The summed E-state index contributed by atoms with van der Waals surface area (Å²) >= 11 is 0. The smallest absolute Gasteiger partial charge is 0.204 e. The fraction of sp³-hybridized carbons (Fsp3) is 0.208. The van der Waals surface area contributed by atoms with Crippen LogP contribution in [0.2, 0.25) is 0 Å². The molecule has 154 valence electrons. The summed E-state index contributed by atoms with van der Waals surface area (Å²) in [6, 6.07) is 13.0. The van der Waals surface area contributed by atoms with E-state index in [0.29, 0.717) is 50.5 Å². The van der Waals surface area contributed by atoms with E-state index in [1.54, 1.807) is 25.3 Å². The molecule has 0 bridgehead atoms. The van der Waals surface area contributed by atoms with Gasteiger partial charge in [-0.05, 0) is 24.6 Å². The Labute approximate surface area is 173 Å². The van der Waals surface area contributed by atoms with E-state index in [2.05, 4.69) is 0 Å². The maximum absolute atomic E-state index is 13.5. The number of rotatable bonds is 5. The molecule has 0 saturated carbocycles. The molecule has 1 aromatic heterocycles. The summed E-state index contributed by atoms with van der Waals surface area (Å²) in [6.45, 7) is 2.00. The van der Waals surface area contributed by atoms with Crippen LogP contribution in [0.5, 0.6) is 23.0 Å². The molecular weight excluding hydrogens is 384 g/mol. The van der Waals surface area contributed by atoms with Crippen molar-refractivity contribution < 1.29 is 23.4 Å². The molecule has 4 rings (SSSR count). The van der Waals surface area contributed by atoms with Crippen LogP contribution in [0, 0.1) is 6.92 Å². The molecule has 6 nitrogen and oxygen atoms in total. The normalized spacial score (nSPS) is 11.0. The van der Waals surface area contributed by atoms with Gasteiger partial charge in [0.15, 0.2) is 16.9 Å². The lowest BCUT2D eigenvalue weighted by Gasteiger charge is -2.16. The van der Waals surface area contributed by atoms with E-state index in [4.69, 9.17) is 23.4 Å². The van der Waals surface area contributed by atoms with Crippen molar-refractivity contribution in [3.63, 3.8) is 0 Å². The van der Waals surface area contributed by atoms with Gasteiger partial charge in [0.25, 0.3) is 0 Å². The minimum atomic E-state index is -0.222. The summed E-state index contributed by atoms with van der Waals surface area (Å²) in [4.78, 5) is 13.5. The van der Waals surface area contributed by atoms with Crippen molar-refractivity contribution in [3.8, 4) is 34.1 Å². The number of ether oxygens (including phenoxy) is 4. The Morgan fingerprint density at radius 2 is 1.50 bits per heavy atom. The van der Waals surface area contributed by atoms with Crippen LogP contribution >= 0.6 is 0 Å². The van der Waals surface area contributed by atoms with E-state index in [1.165, 1.54) is 21.3 Å². The lowest BCUT2D eigenvalue weighted by molar-refractivity contribution is 0.354. The minimum absolute atomic E-state index is 0.222. The van der Waals surface area contributed by atoms with E-state index in [1.807, 2.05) is 31.2 Å². The monoisotopic (exact) mass is 406 g/mol. The Balaban J connectivity index is 2.27. The molecule has 0 aliphatic heterocycles. The summed E-state index contributed by atoms with van der Waals surface area (Å²) < 4.78 is 28.4. The molecule has 0 fully saturated rings. The summed E-state index contributed by atoms with van der Waals surface area (Å²) in [5.41, 5.74) is 3.05. The molecule has 0 radical (unpaired) electrons. The molecule has 0 atom stereocenters. The van der Waals surface area contributed by atoms with E-state index < -0.39 is 0 Å². The van der Waals surface area contributed by atoms with Gasteiger partial charge in [-0.2, -0.15) is 0 Å². The highest BCUT2D eigenvalue weighted by Crippen LogP contribution is 2.44. The van der Waals surface area contributed by atoms with Gasteiger partial charge < -0.3 is 23.4 Å². The van der Waals surface area contributed by atoms with Gasteiger partial charge in [0, 0.05) is 6.07 Å². The number of methoxy groups -OCH3 is 4. The predicted octanol–water partition coefficient (Wildman–Crippen LogP) is 4.96. The van der Waals surface area contributed by atoms with Crippen molar-refractivity contribution in [1.82, 2.24) is 0 Å². The minimum Gasteiger partial charge on any atom is -0.496 e. The third-order valence-electron chi connectivity index (χ3n) is 5.13. The van der Waals surface area contributed by atoms with Gasteiger partial charge in [0.05, 0.1) is 39.4 Å². The van der Waals surface area contributed by atoms with Crippen LogP contribution in [0.25, 0.3) is 33.1 Å². The van der Waals surface area contributed by atoms with Crippen LogP contribution in [-0.2, 0) is 0 Å². The van der Waals surface area contributed by atoms with Crippen LogP contribution in [0.1, 0.15) is 5.56 Å². The third-order valence-corrected chi connectivity index (χ3v) is 5.13. The summed E-state index contributed by atoms with van der Waals surface area (Å²) in [7, 11) is 6.13. The molecule has 0 aliphatic carbocycles. The third kappa shape index (κ3) is 2.92. The quantitative estimate of drug-likeness (QED) is 0.437. The number of aryl methyl sites for hydroxylation is 1. The average Bonchev–Trinajstić information content (AvgIpc) is 2.77. The van der Waals surface area contributed by atoms with Crippen molar-refractivity contribution in [2.75, 3.05) is 28.4 Å². The van der Waals surface area contributed by atoms with E-state index in [0.717, 1.165) is 11.1 Å². The zero-order valence-corrected chi connectivity index (χ0v) is 17.5. The molecule has 4 aromatic rings. The molecular formula is C24H22O6. The Morgan fingerprint density at radius 1 is 0.767 bits per heavy atom. The van der Waals surface area contributed by atoms with Crippen molar-refractivity contribution in [2.45, 2.75) is 6.92 Å². The largest absolute Gasteiger partial charge is 0.496 e. The Morgan fingerprint density at radius 3 is 2.13 bits per heavy atom. The fourth-order valence-corrected chi connectivity index (χ4v) is 3.74. The molecule has 0 saturated heterocycles. The summed E-state index contributed by atoms with van der Waals surface area (Å²) in [6.07, 6.45) is 0. The second-order valence-corrected chi connectivity index (χ2v) is 6.84. The average molecular weight is 406 g/mol. The first-order valence-corrected chi connectivity index (χ1v) is 9.37. The number of fused-ring (bicyclic) bond motifs is 2. The predicted molar refractivity (Wildman–Crippen MR) is 116 cm³/mol. The second-order valence-electron chi connectivity index (χ2n) is 6.84. The molecule has 0 aliphatic rings. The topological polar surface area (TPSA) is 67.1 Å². The van der Waals surface area contributed by atoms with Gasteiger partial charge in [-0.3, -0.25) is 4.79 Å². The highest BCUT2D eigenvalue weighted by Gasteiger charge is 2.24. The maximum Gasteiger partial charge on any atom is 0.204 e. The van der Waals surface area contributed by atoms with Crippen LogP contribution in [0.4, 0.5) is 0 Å². The van der Waals surface area contributed by atoms with Crippen molar-refractivity contribution in [3.05, 3.63) is 58.3 Å². The number of benzene rings is 3. The van der Waals surface area contributed by atoms with Crippen LogP contribution in [-0.4, -0.2) is 28.4 Å². The van der Waals surface area contributed by atoms with Gasteiger partial charge in [-0.25, -0.2) is 0 Å². The van der Waals surface area contributed by atoms with E-state index in [9.17, 15) is 4.79 Å². The fourth-order valence-electron chi connectivity index (χ4n) is 3.74. The zero-order valence-electron chi connectivity index (χ0n) is 17.5. The highest BCUT2D eigenvalue weighted by molar-refractivity contribution is 6.04. The lowest BCUT2D eigenvalue weighted by Crippen LogP contribution is -2.07. The Hall–Kier alpha value is -3.67. The first-order chi connectivity index (χ1) is 14.5. The lowest BCUT2D eigenvalue weighted by atomic mass is 9.98. The molecule has 30 heavy (non-hydrogen) atoms. The van der Waals surface area contributed by atoms with Crippen LogP contribution in [0.15, 0.2) is 51.7 Å². The number of hydrogen-bond acceptors (Lipinski definition) is 6. The molecule has 0 spiro atoms. The van der Waals surface area contributed by atoms with Gasteiger partial charge in [-0.1, -0.05) is 29.8 Å². The van der Waals surface area contributed by atoms with Gasteiger partial charge in [0.1, 0.15) is 16.9 Å². The second kappa shape index (κ2) is 7.63. The summed E-state index contributed by atoms with van der Waals surface area (Å²) in [5, 5.41) is 0.716. The van der Waals surface area contributed by atoms with Gasteiger partial charge in [0.2, 0.25) is 11.2 Å². The SMILES string of the molecule is COc1ccc2c(=O)c3c(OC)cc(OC)c(-c4cccc(C)c4)c3oc2c1OC. The van der Waals surface area contributed by atoms with Gasteiger partial charge >= 0.3 is 0 Å². The molecule has 3 aromatic carbocycles. The number of hydrogen-bond donors (Lipinski definition) is 0. The van der Waals surface area contributed by atoms with Gasteiger partial charge in [-0.15, -0.1) is 0 Å². The first kappa shape index (κ1) is 19.6. The van der Waals surface area contributed by atoms with Crippen molar-refractivity contribution >= 4 is 21.9 Å². The Kier molecular flexibility index (Phi) is 4.99. The van der Waals surface area contributed by atoms with Crippen LogP contribution in [0.3, 0.4) is 0 Å². The Bertz CT molecular complexity index is 1320.